The van der Waals surface area contributed by atoms with Gasteiger partial charge in [-0.2, -0.15) is 0 Å². The second kappa shape index (κ2) is 5.57. The molecule has 1 aromatic carbocycles. The lowest BCUT2D eigenvalue weighted by Gasteiger charge is -2.44. The molecular formula is C17H23NO2. The lowest BCUT2D eigenvalue weighted by molar-refractivity contribution is -0.107. The quantitative estimate of drug-likeness (QED) is 0.786. The first-order valence-corrected chi connectivity index (χ1v) is 7.69. The highest BCUT2D eigenvalue weighted by atomic mass is 16.5. The fourth-order valence-corrected chi connectivity index (χ4v) is 3.38. The number of carbonyl (C=O) groups is 1. The molecule has 20 heavy (non-hydrogen) atoms. The maximum absolute atomic E-state index is 12.5. The first-order chi connectivity index (χ1) is 9.69. The van der Waals surface area contributed by atoms with E-state index in [1.807, 2.05) is 36.1 Å². The molecule has 0 aromatic heterocycles. The molecule has 2 heterocycles. The predicted molar refractivity (Wildman–Crippen MR) is 78.9 cm³/mol. The molecule has 3 heteroatoms. The summed E-state index contributed by atoms with van der Waals surface area (Å²) < 4.78 is 6.02. The summed E-state index contributed by atoms with van der Waals surface area (Å²) in [6.07, 6.45) is 5.61. The summed E-state index contributed by atoms with van der Waals surface area (Å²) in [5.74, 6) is 0.166. The van der Waals surface area contributed by atoms with Crippen molar-refractivity contribution in [2.75, 3.05) is 19.7 Å². The average Bonchev–Trinajstić information content (AvgIpc) is 2.48. The maximum Gasteiger partial charge on any atom is 0.253 e. The Morgan fingerprint density at radius 2 is 2.00 bits per heavy atom. The minimum atomic E-state index is 0.0711. The standard InChI is InChI=1S/C17H23NO2/c1-14-5-4-6-15(13-14)16(19)18-10-8-17(9-11-18)7-2-3-12-20-17/h4-6,13H,2-3,7-12H2,1H3. The van der Waals surface area contributed by atoms with Gasteiger partial charge >= 0.3 is 0 Å². The van der Waals surface area contributed by atoms with Crippen LogP contribution < -0.4 is 0 Å². The van der Waals surface area contributed by atoms with Gasteiger partial charge in [-0.25, -0.2) is 0 Å². The Morgan fingerprint density at radius 1 is 1.20 bits per heavy atom. The summed E-state index contributed by atoms with van der Waals surface area (Å²) in [4.78, 5) is 14.5. The Hall–Kier alpha value is -1.35. The van der Waals surface area contributed by atoms with Crippen molar-refractivity contribution >= 4 is 5.91 Å². The van der Waals surface area contributed by atoms with E-state index in [9.17, 15) is 4.79 Å². The highest BCUT2D eigenvalue weighted by Gasteiger charge is 2.38. The maximum atomic E-state index is 12.5. The SMILES string of the molecule is Cc1cccc(C(=O)N2CCC3(CCCCO3)CC2)c1. The van der Waals surface area contributed by atoms with Crippen LogP contribution >= 0.6 is 0 Å². The van der Waals surface area contributed by atoms with E-state index in [0.29, 0.717) is 0 Å². The lowest BCUT2D eigenvalue weighted by atomic mass is 9.84. The van der Waals surface area contributed by atoms with Crippen LogP contribution in [0.3, 0.4) is 0 Å². The predicted octanol–water partition coefficient (Wildman–Crippen LogP) is 3.17. The Morgan fingerprint density at radius 3 is 2.65 bits per heavy atom. The first-order valence-electron chi connectivity index (χ1n) is 7.69. The molecule has 0 radical (unpaired) electrons. The zero-order valence-electron chi connectivity index (χ0n) is 12.2. The Balaban J connectivity index is 1.64. The van der Waals surface area contributed by atoms with Crippen molar-refractivity contribution in [3.63, 3.8) is 0 Å². The van der Waals surface area contributed by atoms with Gasteiger partial charge in [0.1, 0.15) is 0 Å². The number of hydrogen-bond donors (Lipinski definition) is 0. The second-order valence-electron chi connectivity index (χ2n) is 6.15. The molecule has 2 saturated heterocycles. The number of hydrogen-bond acceptors (Lipinski definition) is 2. The number of ether oxygens (including phenoxy) is 1. The molecule has 0 atom stereocenters. The highest BCUT2D eigenvalue weighted by molar-refractivity contribution is 5.94. The van der Waals surface area contributed by atoms with Gasteiger partial charge in [-0.05, 0) is 51.2 Å². The number of aryl methyl sites for hydroxylation is 1. The molecule has 1 spiro atoms. The summed E-state index contributed by atoms with van der Waals surface area (Å²) in [5, 5.41) is 0. The molecule has 1 aromatic rings. The molecule has 1 amide bonds. The van der Waals surface area contributed by atoms with E-state index in [2.05, 4.69) is 0 Å². The summed E-state index contributed by atoms with van der Waals surface area (Å²) in [7, 11) is 0. The van der Waals surface area contributed by atoms with Gasteiger partial charge in [0.15, 0.2) is 0 Å². The molecule has 0 N–H and O–H groups in total. The Kier molecular flexibility index (Phi) is 3.79. The highest BCUT2D eigenvalue weighted by Crippen LogP contribution is 2.35. The fourth-order valence-electron chi connectivity index (χ4n) is 3.38. The van der Waals surface area contributed by atoms with E-state index in [1.54, 1.807) is 0 Å². The van der Waals surface area contributed by atoms with Crippen molar-refractivity contribution in [2.45, 2.75) is 44.6 Å². The minimum absolute atomic E-state index is 0.0711. The van der Waals surface area contributed by atoms with Gasteiger partial charge in [-0.1, -0.05) is 17.7 Å². The van der Waals surface area contributed by atoms with Gasteiger partial charge in [0.05, 0.1) is 5.60 Å². The third-order valence-corrected chi connectivity index (χ3v) is 4.66. The van der Waals surface area contributed by atoms with Crippen molar-refractivity contribution < 1.29 is 9.53 Å². The van der Waals surface area contributed by atoms with Crippen LogP contribution in [0.25, 0.3) is 0 Å². The van der Waals surface area contributed by atoms with Gasteiger partial charge in [0.2, 0.25) is 0 Å². The summed E-state index contributed by atoms with van der Waals surface area (Å²) in [6, 6.07) is 7.87. The Labute approximate surface area is 120 Å². The second-order valence-corrected chi connectivity index (χ2v) is 6.15. The van der Waals surface area contributed by atoms with Gasteiger partial charge < -0.3 is 9.64 Å². The third-order valence-electron chi connectivity index (χ3n) is 4.66. The van der Waals surface area contributed by atoms with Crippen LogP contribution in [0.5, 0.6) is 0 Å². The summed E-state index contributed by atoms with van der Waals surface area (Å²) >= 11 is 0. The first kappa shape index (κ1) is 13.6. The lowest BCUT2D eigenvalue weighted by Crippen LogP contribution is -2.49. The molecule has 108 valence electrons. The number of benzene rings is 1. The van der Waals surface area contributed by atoms with Crippen molar-refractivity contribution in [1.29, 1.82) is 0 Å². The normalized spacial score (nSPS) is 21.9. The molecule has 0 unspecified atom stereocenters. The van der Waals surface area contributed by atoms with Crippen LogP contribution in [0.15, 0.2) is 24.3 Å². The molecule has 2 fully saturated rings. The van der Waals surface area contributed by atoms with Crippen LogP contribution in [-0.2, 0) is 4.74 Å². The third kappa shape index (κ3) is 2.73. The number of rotatable bonds is 1. The van der Waals surface area contributed by atoms with Crippen LogP contribution in [0.1, 0.15) is 48.0 Å². The van der Waals surface area contributed by atoms with Gasteiger partial charge in [0, 0.05) is 25.3 Å². The number of amides is 1. The molecular weight excluding hydrogens is 250 g/mol. The van der Waals surface area contributed by atoms with Crippen molar-refractivity contribution in [3.05, 3.63) is 35.4 Å². The Bertz CT molecular complexity index is 482. The minimum Gasteiger partial charge on any atom is -0.375 e. The van der Waals surface area contributed by atoms with E-state index in [-0.39, 0.29) is 11.5 Å². The molecule has 2 aliphatic heterocycles. The largest absolute Gasteiger partial charge is 0.375 e. The van der Waals surface area contributed by atoms with E-state index in [0.717, 1.165) is 43.7 Å². The van der Waals surface area contributed by atoms with E-state index < -0.39 is 0 Å². The van der Waals surface area contributed by atoms with E-state index in [4.69, 9.17) is 4.74 Å². The van der Waals surface area contributed by atoms with Crippen LogP contribution in [0.2, 0.25) is 0 Å². The smallest absolute Gasteiger partial charge is 0.253 e. The van der Waals surface area contributed by atoms with Gasteiger partial charge in [-0.3, -0.25) is 4.79 Å². The fraction of sp³-hybridized carbons (Fsp3) is 0.588. The summed E-state index contributed by atoms with van der Waals surface area (Å²) in [6.45, 7) is 4.57. The zero-order chi connectivity index (χ0) is 14.0. The molecule has 2 aliphatic rings. The number of piperidine rings is 1. The topological polar surface area (TPSA) is 29.5 Å². The van der Waals surface area contributed by atoms with Crippen molar-refractivity contribution in [3.8, 4) is 0 Å². The number of carbonyl (C=O) groups excluding carboxylic acids is 1. The van der Waals surface area contributed by atoms with Crippen LogP contribution in [-0.4, -0.2) is 36.1 Å². The molecule has 3 nitrogen and oxygen atoms in total. The van der Waals surface area contributed by atoms with E-state index in [1.165, 1.54) is 19.3 Å². The molecule has 0 bridgehead atoms. The average molecular weight is 273 g/mol. The molecule has 0 aliphatic carbocycles. The van der Waals surface area contributed by atoms with Crippen molar-refractivity contribution in [2.24, 2.45) is 0 Å². The zero-order valence-corrected chi connectivity index (χ0v) is 12.2. The van der Waals surface area contributed by atoms with E-state index >= 15 is 0 Å². The van der Waals surface area contributed by atoms with Gasteiger partial charge in [0.25, 0.3) is 5.91 Å². The van der Waals surface area contributed by atoms with Gasteiger partial charge in [-0.15, -0.1) is 0 Å². The summed E-state index contributed by atoms with van der Waals surface area (Å²) in [5.41, 5.74) is 2.02. The van der Waals surface area contributed by atoms with Crippen LogP contribution in [0, 0.1) is 6.92 Å². The monoisotopic (exact) mass is 273 g/mol. The number of likely N-dealkylation sites (tertiary alicyclic amines) is 1. The molecule has 0 saturated carbocycles. The van der Waals surface area contributed by atoms with Crippen molar-refractivity contribution in [1.82, 2.24) is 4.90 Å². The number of nitrogens with zero attached hydrogens (tertiary/aromatic N) is 1. The molecule has 3 rings (SSSR count). The van der Waals surface area contributed by atoms with Crippen LogP contribution in [0.4, 0.5) is 0 Å².